The molecule has 2 rings (SSSR count). The number of hydrogen-bond donors (Lipinski definition) is 2. The molecule has 2 heteroatoms. The Morgan fingerprint density at radius 1 is 0.917 bits per heavy atom. The van der Waals surface area contributed by atoms with Crippen molar-refractivity contribution in [2.75, 3.05) is 6.54 Å². The van der Waals surface area contributed by atoms with E-state index in [1.807, 2.05) is 12.1 Å². The van der Waals surface area contributed by atoms with Gasteiger partial charge >= 0.3 is 0 Å². The second kappa shape index (κ2) is 8.34. The summed E-state index contributed by atoms with van der Waals surface area (Å²) in [5.74, 6) is 0.642. The van der Waals surface area contributed by atoms with Crippen molar-refractivity contribution in [1.29, 1.82) is 0 Å². The van der Waals surface area contributed by atoms with Crippen LogP contribution in [-0.4, -0.2) is 23.7 Å². The molecule has 0 radical (unpaired) electrons. The fraction of sp³-hybridized carbons (Fsp3) is 0.455. The van der Waals surface area contributed by atoms with Gasteiger partial charge in [0.05, 0.1) is 18.6 Å². The first-order valence-electron chi connectivity index (χ1n) is 9.10. The Kier molecular flexibility index (Phi) is 6.44. The van der Waals surface area contributed by atoms with E-state index in [4.69, 9.17) is 0 Å². The Balaban J connectivity index is 2.32. The molecule has 130 valence electrons. The monoisotopic (exact) mass is 326 g/mol. The molecule has 24 heavy (non-hydrogen) atoms. The quantitative estimate of drug-likeness (QED) is 0.792. The summed E-state index contributed by atoms with van der Waals surface area (Å²) in [7, 11) is 0. The molecule has 0 bridgehead atoms. The van der Waals surface area contributed by atoms with E-state index in [2.05, 4.69) is 71.0 Å². The molecule has 0 unspecified atom stereocenters. The predicted octanol–water partition coefficient (Wildman–Crippen LogP) is 3.92. The highest BCUT2D eigenvalue weighted by Gasteiger charge is 2.23. The normalized spacial score (nSPS) is 13.0. The first-order valence-corrected chi connectivity index (χ1v) is 9.10. The molecular weight excluding hydrogens is 294 g/mol. The maximum absolute atomic E-state index is 10.4. The third-order valence-electron chi connectivity index (χ3n) is 4.97. The van der Waals surface area contributed by atoms with Crippen LogP contribution in [0.3, 0.4) is 0 Å². The molecule has 2 N–H and O–H groups in total. The Morgan fingerprint density at radius 2 is 1.54 bits per heavy atom. The number of benzene rings is 2. The van der Waals surface area contributed by atoms with Crippen molar-refractivity contribution in [3.8, 4) is 5.75 Å². The largest absolute Gasteiger partial charge is 0.508 e. The van der Waals surface area contributed by atoms with Gasteiger partial charge in [-0.05, 0) is 46.2 Å². The van der Waals surface area contributed by atoms with Gasteiger partial charge in [-0.1, -0.05) is 48.0 Å². The Labute approximate surface area is 147 Å². The molecule has 0 aliphatic carbocycles. The van der Waals surface area contributed by atoms with E-state index in [-0.39, 0.29) is 5.92 Å². The maximum atomic E-state index is 10.4. The highest BCUT2D eigenvalue weighted by molar-refractivity contribution is 5.43. The summed E-state index contributed by atoms with van der Waals surface area (Å²) in [5.41, 5.74) is 3.53. The van der Waals surface area contributed by atoms with Crippen molar-refractivity contribution in [3.63, 3.8) is 0 Å². The molecule has 0 heterocycles. The molecule has 2 nitrogen and oxygen atoms in total. The first-order chi connectivity index (χ1) is 11.4. The fourth-order valence-corrected chi connectivity index (χ4v) is 3.70. The number of hydrogen-bond acceptors (Lipinski definition) is 1. The molecule has 2 aromatic rings. The Bertz CT molecular complexity index is 626. The number of phenols is 1. The molecule has 0 aliphatic heterocycles. The lowest BCUT2D eigenvalue weighted by Gasteiger charge is -2.29. The molecule has 0 aliphatic rings. The third kappa shape index (κ3) is 4.61. The van der Waals surface area contributed by atoms with E-state index < -0.39 is 0 Å². The number of nitrogens with one attached hydrogen (secondary N) is 1. The van der Waals surface area contributed by atoms with Crippen LogP contribution in [0.2, 0.25) is 0 Å². The van der Waals surface area contributed by atoms with E-state index in [1.54, 1.807) is 4.90 Å². The zero-order valence-corrected chi connectivity index (χ0v) is 15.7. The van der Waals surface area contributed by atoms with Crippen LogP contribution in [-0.2, 0) is 0 Å². The van der Waals surface area contributed by atoms with Gasteiger partial charge in [-0.2, -0.15) is 0 Å². The van der Waals surface area contributed by atoms with Crippen molar-refractivity contribution >= 4 is 0 Å². The molecular formula is C22H32NO+. The van der Waals surface area contributed by atoms with Crippen molar-refractivity contribution in [1.82, 2.24) is 0 Å². The minimum atomic E-state index is 0.235. The van der Waals surface area contributed by atoms with Crippen LogP contribution in [0.25, 0.3) is 0 Å². The van der Waals surface area contributed by atoms with Crippen molar-refractivity contribution in [2.24, 2.45) is 0 Å². The number of phenolic OH excluding ortho intramolecular Hbond substituents is 1. The Hall–Kier alpha value is -1.80. The smallest absolute Gasteiger partial charge is 0.119 e. The minimum absolute atomic E-state index is 0.235. The molecule has 0 spiro atoms. The van der Waals surface area contributed by atoms with Crippen LogP contribution in [0.1, 0.15) is 56.7 Å². The molecule has 0 fully saturated rings. The summed E-state index contributed by atoms with van der Waals surface area (Å²) < 4.78 is 0. The molecule has 0 amide bonds. The van der Waals surface area contributed by atoms with Gasteiger partial charge in [0, 0.05) is 17.9 Å². The topological polar surface area (TPSA) is 24.7 Å². The lowest BCUT2D eigenvalue weighted by Crippen LogP contribution is -3.17. The zero-order chi connectivity index (χ0) is 17.7. The van der Waals surface area contributed by atoms with E-state index in [9.17, 15) is 5.11 Å². The van der Waals surface area contributed by atoms with Crippen molar-refractivity contribution < 1.29 is 10.0 Å². The number of rotatable bonds is 7. The summed E-state index contributed by atoms with van der Waals surface area (Å²) in [6.07, 6.45) is 1.03. The lowest BCUT2D eigenvalue weighted by atomic mass is 9.87. The van der Waals surface area contributed by atoms with Gasteiger partial charge in [0.2, 0.25) is 0 Å². The predicted molar refractivity (Wildman–Crippen MR) is 102 cm³/mol. The molecule has 0 saturated heterocycles. The standard InChI is InChI=1S/C22H31NO/c1-16(2)23(17(3)4)14-13-20(19-9-7-6-8-10-19)21-15-18(5)11-12-22(21)24/h6-12,15-17,20,24H,13-14H2,1-5H3/p+1/t20-/m0/s1. The fourth-order valence-electron chi connectivity index (χ4n) is 3.70. The summed E-state index contributed by atoms with van der Waals surface area (Å²) in [5, 5.41) is 10.4. The average molecular weight is 327 g/mol. The number of aromatic hydroxyl groups is 1. The zero-order valence-electron chi connectivity index (χ0n) is 15.7. The highest BCUT2D eigenvalue weighted by Crippen LogP contribution is 2.34. The molecule has 1 atom stereocenters. The molecule has 0 saturated carbocycles. The van der Waals surface area contributed by atoms with Gasteiger partial charge in [0.1, 0.15) is 5.75 Å². The second-order valence-corrected chi connectivity index (χ2v) is 7.45. The molecule has 0 aromatic heterocycles. The van der Waals surface area contributed by atoms with Gasteiger partial charge in [0.15, 0.2) is 0 Å². The SMILES string of the molecule is Cc1ccc(O)c([C@@H](CC[NH+](C(C)C)C(C)C)c2ccccc2)c1. The number of quaternary nitrogens is 1. The molecule has 2 aromatic carbocycles. The third-order valence-corrected chi connectivity index (χ3v) is 4.97. The minimum Gasteiger partial charge on any atom is -0.508 e. The number of aryl methyl sites for hydroxylation is 1. The van der Waals surface area contributed by atoms with Crippen molar-refractivity contribution in [3.05, 3.63) is 65.2 Å². The van der Waals surface area contributed by atoms with E-state index in [1.165, 1.54) is 11.1 Å². The summed E-state index contributed by atoms with van der Waals surface area (Å²) in [4.78, 5) is 1.61. The highest BCUT2D eigenvalue weighted by atomic mass is 16.3. The van der Waals surface area contributed by atoms with Crippen LogP contribution in [0.4, 0.5) is 0 Å². The second-order valence-electron chi connectivity index (χ2n) is 7.45. The van der Waals surface area contributed by atoms with E-state index in [0.29, 0.717) is 17.8 Å². The lowest BCUT2D eigenvalue weighted by molar-refractivity contribution is -0.942. The van der Waals surface area contributed by atoms with Crippen LogP contribution in [0.15, 0.2) is 48.5 Å². The van der Waals surface area contributed by atoms with Gasteiger partial charge in [-0.3, -0.25) is 0 Å². The average Bonchev–Trinajstić information content (AvgIpc) is 2.54. The van der Waals surface area contributed by atoms with Crippen LogP contribution < -0.4 is 4.90 Å². The van der Waals surface area contributed by atoms with Crippen LogP contribution >= 0.6 is 0 Å². The first kappa shape index (κ1) is 18.5. The summed E-state index contributed by atoms with van der Waals surface area (Å²) in [6, 6.07) is 17.7. The van der Waals surface area contributed by atoms with Gasteiger partial charge in [-0.15, -0.1) is 0 Å². The van der Waals surface area contributed by atoms with E-state index >= 15 is 0 Å². The van der Waals surface area contributed by atoms with Crippen LogP contribution in [0, 0.1) is 6.92 Å². The van der Waals surface area contributed by atoms with E-state index in [0.717, 1.165) is 18.5 Å². The maximum Gasteiger partial charge on any atom is 0.119 e. The summed E-state index contributed by atoms with van der Waals surface area (Å²) in [6.45, 7) is 12.3. The van der Waals surface area contributed by atoms with Gasteiger partial charge in [0.25, 0.3) is 0 Å². The summed E-state index contributed by atoms with van der Waals surface area (Å²) >= 11 is 0. The van der Waals surface area contributed by atoms with Crippen LogP contribution in [0.5, 0.6) is 5.75 Å². The van der Waals surface area contributed by atoms with Gasteiger partial charge in [-0.25, -0.2) is 0 Å². The van der Waals surface area contributed by atoms with Crippen molar-refractivity contribution in [2.45, 2.75) is 59.0 Å². The Morgan fingerprint density at radius 3 is 2.12 bits per heavy atom. The van der Waals surface area contributed by atoms with Gasteiger partial charge < -0.3 is 10.0 Å².